The second-order valence-electron chi connectivity index (χ2n) is 5.02. The maximum atomic E-state index is 2.47. The molecule has 0 saturated carbocycles. The van der Waals surface area contributed by atoms with Gasteiger partial charge in [-0.15, -0.1) is 0 Å². The summed E-state index contributed by atoms with van der Waals surface area (Å²) in [5.41, 5.74) is 2.74. The molecule has 1 heteroatoms. The molecule has 0 N–H and O–H groups in total. The Morgan fingerprint density at radius 3 is 1.70 bits per heavy atom. The van der Waals surface area contributed by atoms with E-state index in [9.17, 15) is 0 Å². The summed E-state index contributed by atoms with van der Waals surface area (Å²) in [5, 5.41) is 0. The van der Waals surface area contributed by atoms with Crippen molar-refractivity contribution in [2.75, 3.05) is 6.54 Å². The van der Waals surface area contributed by atoms with Crippen molar-refractivity contribution >= 4 is 0 Å². The summed E-state index contributed by atoms with van der Waals surface area (Å²) in [6.45, 7) is 5.15. The van der Waals surface area contributed by atoms with Gasteiger partial charge < -0.3 is 0 Å². The number of hydrogen-bond donors (Lipinski definition) is 0. The second kappa shape index (κ2) is 8.34. The van der Waals surface area contributed by atoms with Crippen LogP contribution in [0.1, 0.15) is 24.5 Å². The zero-order chi connectivity index (χ0) is 14.0. The first-order valence-electron chi connectivity index (χ1n) is 7.33. The SMILES string of the molecule is CC/C=C/CN(Cc1ccccc1)Cc1ccccc1. The molecule has 0 saturated heterocycles. The Bertz CT molecular complexity index is 460. The zero-order valence-electron chi connectivity index (χ0n) is 12.2. The predicted octanol–water partition coefficient (Wildman–Crippen LogP) is 4.66. The van der Waals surface area contributed by atoms with Gasteiger partial charge in [0.15, 0.2) is 0 Å². The summed E-state index contributed by atoms with van der Waals surface area (Å²) >= 11 is 0. The smallest absolute Gasteiger partial charge is 0.0240 e. The molecule has 0 fully saturated rings. The minimum Gasteiger partial charge on any atom is -0.291 e. The Morgan fingerprint density at radius 2 is 1.25 bits per heavy atom. The zero-order valence-corrected chi connectivity index (χ0v) is 12.2. The van der Waals surface area contributed by atoms with Crippen molar-refractivity contribution in [3.63, 3.8) is 0 Å². The molecule has 0 aliphatic carbocycles. The molecule has 0 heterocycles. The lowest BCUT2D eigenvalue weighted by atomic mass is 10.1. The van der Waals surface area contributed by atoms with Gasteiger partial charge in [0.1, 0.15) is 0 Å². The summed E-state index contributed by atoms with van der Waals surface area (Å²) in [4.78, 5) is 2.47. The lowest BCUT2D eigenvalue weighted by Crippen LogP contribution is -2.22. The average Bonchev–Trinajstić information content (AvgIpc) is 2.49. The van der Waals surface area contributed by atoms with Crippen LogP contribution in [0, 0.1) is 0 Å². The summed E-state index contributed by atoms with van der Waals surface area (Å²) in [6, 6.07) is 21.4. The van der Waals surface area contributed by atoms with Crippen molar-refractivity contribution in [1.29, 1.82) is 0 Å². The van der Waals surface area contributed by atoms with Gasteiger partial charge in [-0.2, -0.15) is 0 Å². The highest BCUT2D eigenvalue weighted by molar-refractivity contribution is 5.17. The first kappa shape index (κ1) is 14.5. The van der Waals surface area contributed by atoms with Crippen LogP contribution in [0.3, 0.4) is 0 Å². The van der Waals surface area contributed by atoms with Gasteiger partial charge in [-0.3, -0.25) is 4.90 Å². The van der Waals surface area contributed by atoms with Gasteiger partial charge in [0.2, 0.25) is 0 Å². The third kappa shape index (κ3) is 5.02. The molecule has 2 rings (SSSR count). The number of allylic oxidation sites excluding steroid dienone is 1. The number of rotatable bonds is 7. The van der Waals surface area contributed by atoms with E-state index >= 15 is 0 Å². The molecule has 1 nitrogen and oxygen atoms in total. The highest BCUT2D eigenvalue weighted by Crippen LogP contribution is 2.10. The molecule has 0 unspecified atom stereocenters. The third-order valence-corrected chi connectivity index (χ3v) is 3.26. The fourth-order valence-electron chi connectivity index (χ4n) is 2.26. The second-order valence-corrected chi connectivity index (χ2v) is 5.02. The largest absolute Gasteiger partial charge is 0.291 e. The molecule has 0 atom stereocenters. The average molecular weight is 265 g/mol. The van der Waals surface area contributed by atoms with E-state index < -0.39 is 0 Å². The van der Waals surface area contributed by atoms with Gasteiger partial charge in [0.25, 0.3) is 0 Å². The van der Waals surface area contributed by atoms with Crippen LogP contribution in [0.5, 0.6) is 0 Å². The third-order valence-electron chi connectivity index (χ3n) is 3.26. The lowest BCUT2D eigenvalue weighted by Gasteiger charge is -2.21. The molecule has 0 aromatic heterocycles. The maximum absolute atomic E-state index is 2.47. The van der Waals surface area contributed by atoms with Gasteiger partial charge in [0, 0.05) is 19.6 Å². The van der Waals surface area contributed by atoms with Crippen LogP contribution in [0.15, 0.2) is 72.8 Å². The summed E-state index contributed by atoms with van der Waals surface area (Å²) < 4.78 is 0. The number of nitrogens with zero attached hydrogens (tertiary/aromatic N) is 1. The molecular weight excluding hydrogens is 242 g/mol. The van der Waals surface area contributed by atoms with Gasteiger partial charge in [-0.25, -0.2) is 0 Å². The number of hydrogen-bond acceptors (Lipinski definition) is 1. The van der Waals surface area contributed by atoms with E-state index in [0.29, 0.717) is 0 Å². The van der Waals surface area contributed by atoms with E-state index in [4.69, 9.17) is 0 Å². The van der Waals surface area contributed by atoms with Gasteiger partial charge in [-0.1, -0.05) is 79.7 Å². The summed E-state index contributed by atoms with van der Waals surface area (Å²) in [7, 11) is 0. The van der Waals surface area contributed by atoms with E-state index in [1.54, 1.807) is 0 Å². The molecule has 0 bridgehead atoms. The summed E-state index contributed by atoms with van der Waals surface area (Å²) in [5.74, 6) is 0. The molecule has 0 radical (unpaired) electrons. The van der Waals surface area contributed by atoms with E-state index in [0.717, 1.165) is 26.1 Å². The Kier molecular flexibility index (Phi) is 6.07. The van der Waals surface area contributed by atoms with Crippen molar-refractivity contribution in [3.8, 4) is 0 Å². The van der Waals surface area contributed by atoms with E-state index in [2.05, 4.69) is 84.6 Å². The highest BCUT2D eigenvalue weighted by atomic mass is 15.1. The predicted molar refractivity (Wildman–Crippen MR) is 86.4 cm³/mol. The molecule has 2 aromatic carbocycles. The van der Waals surface area contributed by atoms with E-state index in [1.165, 1.54) is 11.1 Å². The van der Waals surface area contributed by atoms with E-state index in [1.807, 2.05) is 0 Å². The molecule has 2 aromatic rings. The van der Waals surface area contributed by atoms with Crippen LogP contribution in [0.25, 0.3) is 0 Å². The Morgan fingerprint density at radius 1 is 0.750 bits per heavy atom. The first-order valence-corrected chi connectivity index (χ1v) is 7.33. The topological polar surface area (TPSA) is 3.24 Å². The van der Waals surface area contributed by atoms with Crippen molar-refractivity contribution in [2.45, 2.75) is 26.4 Å². The van der Waals surface area contributed by atoms with Crippen LogP contribution >= 0.6 is 0 Å². The molecule has 0 amide bonds. The van der Waals surface area contributed by atoms with Crippen LogP contribution in [0.2, 0.25) is 0 Å². The Hall–Kier alpha value is -1.86. The minimum absolute atomic E-state index is 0.990. The normalized spacial score (nSPS) is 11.3. The fourth-order valence-corrected chi connectivity index (χ4v) is 2.26. The molecule has 0 spiro atoms. The molecule has 0 aliphatic heterocycles. The van der Waals surface area contributed by atoms with Crippen molar-refractivity contribution in [2.24, 2.45) is 0 Å². The van der Waals surface area contributed by atoms with Crippen LogP contribution in [-0.2, 0) is 13.1 Å². The standard InChI is InChI=1S/C19H23N/c1-2-3-10-15-20(16-18-11-6-4-7-12-18)17-19-13-8-5-9-14-19/h3-14H,2,15-17H2,1H3/b10-3+. The van der Waals surface area contributed by atoms with Crippen LogP contribution < -0.4 is 0 Å². The molecule has 0 aliphatic rings. The quantitative estimate of drug-likeness (QED) is 0.658. The van der Waals surface area contributed by atoms with Gasteiger partial charge in [0.05, 0.1) is 0 Å². The minimum atomic E-state index is 0.990. The molecule has 104 valence electrons. The first-order chi connectivity index (χ1) is 9.88. The van der Waals surface area contributed by atoms with Crippen LogP contribution in [-0.4, -0.2) is 11.4 Å². The van der Waals surface area contributed by atoms with Crippen molar-refractivity contribution in [1.82, 2.24) is 4.90 Å². The lowest BCUT2D eigenvalue weighted by molar-refractivity contribution is 0.286. The van der Waals surface area contributed by atoms with Gasteiger partial charge in [-0.05, 0) is 17.5 Å². The molecular formula is C19H23N. The van der Waals surface area contributed by atoms with Crippen molar-refractivity contribution in [3.05, 3.63) is 83.9 Å². The van der Waals surface area contributed by atoms with Crippen molar-refractivity contribution < 1.29 is 0 Å². The summed E-state index contributed by atoms with van der Waals surface area (Å²) in [6.07, 6.45) is 5.61. The highest BCUT2D eigenvalue weighted by Gasteiger charge is 2.05. The molecule has 20 heavy (non-hydrogen) atoms. The van der Waals surface area contributed by atoms with Crippen LogP contribution in [0.4, 0.5) is 0 Å². The Labute approximate surface area is 122 Å². The maximum Gasteiger partial charge on any atom is 0.0240 e. The number of benzene rings is 2. The monoisotopic (exact) mass is 265 g/mol. The van der Waals surface area contributed by atoms with Gasteiger partial charge >= 0.3 is 0 Å². The fraction of sp³-hybridized carbons (Fsp3) is 0.263. The van der Waals surface area contributed by atoms with E-state index in [-0.39, 0.29) is 0 Å². The Balaban J connectivity index is 2.02.